The second-order valence-electron chi connectivity index (χ2n) is 5.13. The number of carbonyl (C=O) groups is 1. The van der Waals surface area contributed by atoms with E-state index in [2.05, 4.69) is 10.3 Å². The number of anilines is 1. The van der Waals surface area contributed by atoms with E-state index in [0.717, 1.165) is 22.2 Å². The molecule has 2 atom stereocenters. The molecule has 3 rings (SSSR count). The van der Waals surface area contributed by atoms with Gasteiger partial charge in [0.25, 0.3) is 0 Å². The molecule has 1 aliphatic rings. The largest absolute Gasteiger partial charge is 0.379 e. The molecule has 1 saturated heterocycles. The number of carbonyl (C=O) groups excluding carboxylic acids is 1. The molecular weight excluding hydrogens is 254 g/mol. The molecule has 5 heteroatoms. The number of nitrogens with two attached hydrogens (primary N) is 1. The van der Waals surface area contributed by atoms with Crippen LogP contribution in [0.3, 0.4) is 0 Å². The third kappa shape index (κ3) is 2.26. The van der Waals surface area contributed by atoms with Crippen LogP contribution in [0.25, 0.3) is 10.9 Å². The Kier molecular flexibility index (Phi) is 3.38. The van der Waals surface area contributed by atoms with E-state index in [4.69, 9.17) is 10.5 Å². The number of amides is 1. The SMILES string of the molecule is Cc1ccc(NC(=O)C2COCC2N)c2cccnc12. The lowest BCUT2D eigenvalue weighted by molar-refractivity contribution is -0.120. The van der Waals surface area contributed by atoms with Gasteiger partial charge in [0.2, 0.25) is 5.91 Å². The van der Waals surface area contributed by atoms with Crippen molar-refractivity contribution in [2.45, 2.75) is 13.0 Å². The third-order valence-electron chi connectivity index (χ3n) is 3.69. The van der Waals surface area contributed by atoms with Crippen LogP contribution in [0.5, 0.6) is 0 Å². The summed E-state index contributed by atoms with van der Waals surface area (Å²) in [6.45, 7) is 2.82. The first-order chi connectivity index (χ1) is 9.66. The summed E-state index contributed by atoms with van der Waals surface area (Å²) in [5, 5.41) is 3.88. The van der Waals surface area contributed by atoms with Crippen LogP contribution < -0.4 is 11.1 Å². The molecule has 2 unspecified atom stereocenters. The van der Waals surface area contributed by atoms with Crippen LogP contribution in [-0.4, -0.2) is 30.1 Å². The molecule has 1 aromatic carbocycles. The van der Waals surface area contributed by atoms with E-state index < -0.39 is 0 Å². The first-order valence-electron chi connectivity index (χ1n) is 6.65. The van der Waals surface area contributed by atoms with Crippen molar-refractivity contribution >= 4 is 22.5 Å². The maximum Gasteiger partial charge on any atom is 0.231 e. The molecule has 2 heterocycles. The summed E-state index contributed by atoms with van der Waals surface area (Å²) in [7, 11) is 0. The summed E-state index contributed by atoms with van der Waals surface area (Å²) in [6, 6.07) is 7.44. The molecule has 0 saturated carbocycles. The molecule has 20 heavy (non-hydrogen) atoms. The summed E-state index contributed by atoms with van der Waals surface area (Å²) < 4.78 is 5.24. The van der Waals surface area contributed by atoms with E-state index in [1.165, 1.54) is 0 Å². The lowest BCUT2D eigenvalue weighted by atomic mass is 10.0. The predicted molar refractivity (Wildman–Crippen MR) is 77.4 cm³/mol. The van der Waals surface area contributed by atoms with Crippen LogP contribution in [-0.2, 0) is 9.53 Å². The van der Waals surface area contributed by atoms with E-state index >= 15 is 0 Å². The molecule has 1 aromatic heterocycles. The summed E-state index contributed by atoms with van der Waals surface area (Å²) >= 11 is 0. The van der Waals surface area contributed by atoms with Gasteiger partial charge in [-0.15, -0.1) is 0 Å². The van der Waals surface area contributed by atoms with E-state index in [9.17, 15) is 4.79 Å². The Bertz CT molecular complexity index is 657. The van der Waals surface area contributed by atoms with Crippen molar-refractivity contribution in [3.05, 3.63) is 36.0 Å². The molecule has 0 aliphatic carbocycles. The Morgan fingerprint density at radius 3 is 3.00 bits per heavy atom. The van der Waals surface area contributed by atoms with Crippen LogP contribution >= 0.6 is 0 Å². The Morgan fingerprint density at radius 2 is 2.25 bits per heavy atom. The molecule has 5 nitrogen and oxygen atoms in total. The number of benzene rings is 1. The van der Waals surface area contributed by atoms with Gasteiger partial charge in [0.05, 0.1) is 30.3 Å². The minimum atomic E-state index is -0.289. The number of fused-ring (bicyclic) bond motifs is 1. The topological polar surface area (TPSA) is 77.2 Å². The number of nitrogens with one attached hydrogen (secondary N) is 1. The van der Waals surface area contributed by atoms with Gasteiger partial charge in [-0.1, -0.05) is 6.07 Å². The van der Waals surface area contributed by atoms with Crippen LogP contribution in [0.4, 0.5) is 5.69 Å². The lowest BCUT2D eigenvalue weighted by Gasteiger charge is -2.15. The highest BCUT2D eigenvalue weighted by Gasteiger charge is 2.31. The fraction of sp³-hybridized carbons (Fsp3) is 0.333. The maximum absolute atomic E-state index is 12.3. The van der Waals surface area contributed by atoms with Crippen molar-refractivity contribution in [1.82, 2.24) is 4.98 Å². The van der Waals surface area contributed by atoms with Gasteiger partial charge in [-0.05, 0) is 30.7 Å². The molecule has 2 aromatic rings. The molecule has 1 amide bonds. The van der Waals surface area contributed by atoms with Crippen molar-refractivity contribution in [2.24, 2.45) is 11.7 Å². The van der Waals surface area contributed by atoms with Crippen molar-refractivity contribution in [3.63, 3.8) is 0 Å². The van der Waals surface area contributed by atoms with Gasteiger partial charge >= 0.3 is 0 Å². The number of aromatic nitrogens is 1. The second-order valence-corrected chi connectivity index (χ2v) is 5.13. The molecule has 1 aliphatic heterocycles. The summed E-state index contributed by atoms with van der Waals surface area (Å²) in [5.74, 6) is -0.382. The minimum absolute atomic E-state index is 0.0935. The quantitative estimate of drug-likeness (QED) is 0.866. The molecule has 104 valence electrons. The van der Waals surface area contributed by atoms with Crippen LogP contribution in [0.15, 0.2) is 30.5 Å². The average Bonchev–Trinajstić information content (AvgIpc) is 2.88. The molecule has 0 radical (unpaired) electrons. The standard InChI is InChI=1S/C15H17N3O2/c1-9-4-5-13(10-3-2-6-17-14(9)10)18-15(19)11-7-20-8-12(11)16/h2-6,11-12H,7-8,16H2,1H3,(H,18,19). The second kappa shape index (κ2) is 5.19. The number of aryl methyl sites for hydroxylation is 1. The highest BCUT2D eigenvalue weighted by atomic mass is 16.5. The number of ether oxygens (including phenoxy) is 1. The third-order valence-corrected chi connectivity index (χ3v) is 3.69. The van der Waals surface area contributed by atoms with Gasteiger partial charge < -0.3 is 15.8 Å². The van der Waals surface area contributed by atoms with Gasteiger partial charge in [0.1, 0.15) is 0 Å². The van der Waals surface area contributed by atoms with Crippen molar-refractivity contribution in [1.29, 1.82) is 0 Å². The van der Waals surface area contributed by atoms with Gasteiger partial charge in [-0.25, -0.2) is 0 Å². The number of hydrogen-bond acceptors (Lipinski definition) is 4. The van der Waals surface area contributed by atoms with Gasteiger partial charge in [-0.3, -0.25) is 9.78 Å². The van der Waals surface area contributed by atoms with E-state index in [1.54, 1.807) is 6.20 Å². The van der Waals surface area contributed by atoms with Gasteiger partial charge in [-0.2, -0.15) is 0 Å². The van der Waals surface area contributed by atoms with E-state index in [1.807, 2.05) is 31.2 Å². The fourth-order valence-electron chi connectivity index (χ4n) is 2.49. The Hall–Kier alpha value is -1.98. The summed E-state index contributed by atoms with van der Waals surface area (Å²) in [6.07, 6.45) is 1.75. The van der Waals surface area contributed by atoms with E-state index in [-0.39, 0.29) is 17.9 Å². The molecule has 3 N–H and O–H groups in total. The zero-order valence-electron chi connectivity index (χ0n) is 11.3. The highest BCUT2D eigenvalue weighted by Crippen LogP contribution is 2.25. The zero-order chi connectivity index (χ0) is 14.1. The molecular formula is C15H17N3O2. The number of hydrogen-bond donors (Lipinski definition) is 2. The van der Waals surface area contributed by atoms with Gasteiger partial charge in [0.15, 0.2) is 0 Å². The predicted octanol–water partition coefficient (Wildman–Crippen LogP) is 1.46. The van der Waals surface area contributed by atoms with Crippen LogP contribution in [0, 0.1) is 12.8 Å². The van der Waals surface area contributed by atoms with Crippen molar-refractivity contribution < 1.29 is 9.53 Å². The smallest absolute Gasteiger partial charge is 0.231 e. The van der Waals surface area contributed by atoms with E-state index in [0.29, 0.717) is 13.2 Å². The number of rotatable bonds is 2. The Morgan fingerprint density at radius 1 is 1.40 bits per heavy atom. The zero-order valence-corrected chi connectivity index (χ0v) is 11.3. The Balaban J connectivity index is 1.91. The summed E-state index contributed by atoms with van der Waals surface area (Å²) in [4.78, 5) is 16.6. The van der Waals surface area contributed by atoms with Crippen LogP contribution in [0.1, 0.15) is 5.56 Å². The maximum atomic E-state index is 12.3. The normalized spacial score (nSPS) is 22.1. The molecule has 0 spiro atoms. The lowest BCUT2D eigenvalue weighted by Crippen LogP contribution is -2.37. The first-order valence-corrected chi connectivity index (χ1v) is 6.65. The fourth-order valence-corrected chi connectivity index (χ4v) is 2.49. The van der Waals surface area contributed by atoms with Crippen LogP contribution in [0.2, 0.25) is 0 Å². The summed E-state index contributed by atoms with van der Waals surface area (Å²) in [5.41, 5.74) is 8.62. The monoisotopic (exact) mass is 271 g/mol. The Labute approximate surface area is 117 Å². The average molecular weight is 271 g/mol. The molecule has 1 fully saturated rings. The number of pyridine rings is 1. The van der Waals surface area contributed by atoms with Gasteiger partial charge in [0, 0.05) is 17.6 Å². The highest BCUT2D eigenvalue weighted by molar-refractivity contribution is 6.02. The van der Waals surface area contributed by atoms with Crippen molar-refractivity contribution in [3.8, 4) is 0 Å². The van der Waals surface area contributed by atoms with Crippen molar-refractivity contribution in [2.75, 3.05) is 18.5 Å². The first kappa shape index (κ1) is 13.0. The minimum Gasteiger partial charge on any atom is -0.379 e. The number of nitrogens with zero attached hydrogens (tertiary/aromatic N) is 1. The molecule has 0 bridgehead atoms.